The molecule has 0 spiro atoms. The topological polar surface area (TPSA) is 38.0 Å². The Morgan fingerprint density at radius 3 is 1.94 bits per heavy atom. The maximum atomic E-state index is 6.09. The first-order valence-corrected chi connectivity index (χ1v) is 8.09. The van der Waals surface area contributed by atoms with Gasteiger partial charge in [0.1, 0.15) is 0 Å². The van der Waals surface area contributed by atoms with Crippen molar-refractivity contribution >= 4 is 0 Å². The summed E-state index contributed by atoms with van der Waals surface area (Å²) in [5.74, 6) is 0. The number of nitrogens with two attached hydrogens (primary N) is 1. The molecule has 0 aromatic heterocycles. The number of rotatable bonds is 5. The van der Waals surface area contributed by atoms with Crippen molar-refractivity contribution in [3.05, 3.63) is 0 Å². The molecular weight excluding hydrogens is 220 g/mol. The molecule has 106 valence electrons. The summed E-state index contributed by atoms with van der Waals surface area (Å²) in [6.07, 6.45) is 14.0. The molecule has 0 atom stereocenters. The number of hydrogen-bond donors (Lipinski definition) is 2. The molecule has 0 unspecified atom stereocenters. The zero-order chi connectivity index (χ0) is 12.9. The molecule has 0 aromatic carbocycles. The van der Waals surface area contributed by atoms with Crippen LogP contribution in [0.25, 0.3) is 0 Å². The molecule has 0 heterocycles. The Balaban J connectivity index is 1.79. The third-order valence-electron chi connectivity index (χ3n) is 5.46. The van der Waals surface area contributed by atoms with Crippen molar-refractivity contribution in [3.8, 4) is 0 Å². The van der Waals surface area contributed by atoms with Gasteiger partial charge in [-0.2, -0.15) is 0 Å². The summed E-state index contributed by atoms with van der Waals surface area (Å²) in [5.41, 5.74) is 7.07. The van der Waals surface area contributed by atoms with E-state index in [1.807, 2.05) is 0 Å². The van der Waals surface area contributed by atoms with E-state index in [9.17, 15) is 0 Å². The summed E-state index contributed by atoms with van der Waals surface area (Å²) in [4.78, 5) is 0. The summed E-state index contributed by atoms with van der Waals surface area (Å²) in [6.45, 7) is 5.68. The van der Waals surface area contributed by atoms with Gasteiger partial charge in [-0.05, 0) is 43.1 Å². The summed E-state index contributed by atoms with van der Waals surface area (Å²) in [6, 6.07) is 0. The van der Waals surface area contributed by atoms with Crippen LogP contribution in [0.15, 0.2) is 0 Å². The molecule has 2 nitrogen and oxygen atoms in total. The standard InChI is InChI=1S/C16H32N2/c1-15(8-6-7-9-15)13-18-14-16(12-17)10-4-2-3-5-11-16/h18H,2-14,17H2,1H3. The Labute approximate surface area is 113 Å². The van der Waals surface area contributed by atoms with Gasteiger partial charge in [-0.15, -0.1) is 0 Å². The van der Waals surface area contributed by atoms with Crippen LogP contribution >= 0.6 is 0 Å². The van der Waals surface area contributed by atoms with E-state index in [1.165, 1.54) is 70.8 Å². The molecule has 0 aromatic rings. The fraction of sp³-hybridized carbons (Fsp3) is 1.00. The molecule has 3 N–H and O–H groups in total. The van der Waals surface area contributed by atoms with Crippen LogP contribution in [0.4, 0.5) is 0 Å². The minimum Gasteiger partial charge on any atom is -0.330 e. The van der Waals surface area contributed by atoms with Crippen LogP contribution in [-0.2, 0) is 0 Å². The maximum Gasteiger partial charge on any atom is 0.00201 e. The number of nitrogens with one attached hydrogen (secondary N) is 1. The monoisotopic (exact) mass is 252 g/mol. The predicted molar refractivity (Wildman–Crippen MR) is 78.6 cm³/mol. The van der Waals surface area contributed by atoms with Gasteiger partial charge in [-0.25, -0.2) is 0 Å². The van der Waals surface area contributed by atoms with Gasteiger partial charge < -0.3 is 11.1 Å². The average Bonchev–Trinajstić information content (AvgIpc) is 2.66. The Bertz CT molecular complexity index is 235. The highest BCUT2D eigenvalue weighted by Gasteiger charge is 2.32. The van der Waals surface area contributed by atoms with Crippen molar-refractivity contribution in [1.29, 1.82) is 0 Å². The van der Waals surface area contributed by atoms with Gasteiger partial charge in [-0.3, -0.25) is 0 Å². The lowest BCUT2D eigenvalue weighted by Crippen LogP contribution is -2.43. The normalized spacial score (nSPS) is 27.0. The van der Waals surface area contributed by atoms with Gasteiger partial charge in [0.15, 0.2) is 0 Å². The van der Waals surface area contributed by atoms with E-state index in [4.69, 9.17) is 5.73 Å². The highest BCUT2D eigenvalue weighted by atomic mass is 14.9. The zero-order valence-corrected chi connectivity index (χ0v) is 12.3. The maximum absolute atomic E-state index is 6.09. The summed E-state index contributed by atoms with van der Waals surface area (Å²) < 4.78 is 0. The summed E-state index contributed by atoms with van der Waals surface area (Å²) >= 11 is 0. The highest BCUT2D eigenvalue weighted by molar-refractivity contribution is 4.87. The van der Waals surface area contributed by atoms with E-state index in [-0.39, 0.29) is 0 Å². The van der Waals surface area contributed by atoms with Crippen molar-refractivity contribution in [1.82, 2.24) is 5.32 Å². The lowest BCUT2D eigenvalue weighted by molar-refractivity contribution is 0.219. The van der Waals surface area contributed by atoms with E-state index in [0.717, 1.165) is 13.1 Å². The van der Waals surface area contributed by atoms with Crippen molar-refractivity contribution in [3.63, 3.8) is 0 Å². The van der Waals surface area contributed by atoms with Crippen LogP contribution in [-0.4, -0.2) is 19.6 Å². The minimum absolute atomic E-state index is 0.408. The molecule has 0 bridgehead atoms. The third-order valence-corrected chi connectivity index (χ3v) is 5.46. The van der Waals surface area contributed by atoms with Crippen LogP contribution in [0.1, 0.15) is 71.1 Å². The van der Waals surface area contributed by atoms with Gasteiger partial charge in [0.05, 0.1) is 0 Å². The smallest absolute Gasteiger partial charge is 0.00201 e. The van der Waals surface area contributed by atoms with Gasteiger partial charge in [0.25, 0.3) is 0 Å². The van der Waals surface area contributed by atoms with E-state index < -0.39 is 0 Å². The van der Waals surface area contributed by atoms with Crippen molar-refractivity contribution < 1.29 is 0 Å². The first-order chi connectivity index (χ1) is 8.68. The van der Waals surface area contributed by atoms with Crippen molar-refractivity contribution in [2.24, 2.45) is 16.6 Å². The second kappa shape index (κ2) is 6.38. The van der Waals surface area contributed by atoms with E-state index in [0.29, 0.717) is 10.8 Å². The van der Waals surface area contributed by atoms with Crippen molar-refractivity contribution in [2.75, 3.05) is 19.6 Å². The van der Waals surface area contributed by atoms with Crippen LogP contribution in [0.2, 0.25) is 0 Å². The SMILES string of the molecule is CC1(CNCC2(CN)CCCCCC2)CCCC1. The molecule has 2 fully saturated rings. The molecule has 0 saturated heterocycles. The quantitative estimate of drug-likeness (QED) is 0.735. The fourth-order valence-electron chi connectivity index (χ4n) is 3.97. The van der Waals surface area contributed by atoms with Gasteiger partial charge in [0.2, 0.25) is 0 Å². The molecule has 18 heavy (non-hydrogen) atoms. The molecule has 0 aliphatic heterocycles. The first-order valence-electron chi connectivity index (χ1n) is 8.09. The molecule has 2 saturated carbocycles. The van der Waals surface area contributed by atoms with Crippen molar-refractivity contribution in [2.45, 2.75) is 71.1 Å². The third kappa shape index (κ3) is 3.71. The molecule has 2 aliphatic rings. The van der Waals surface area contributed by atoms with Gasteiger partial charge >= 0.3 is 0 Å². The molecular formula is C16H32N2. The predicted octanol–water partition coefficient (Wildman–Crippen LogP) is 3.46. The lowest BCUT2D eigenvalue weighted by Gasteiger charge is -2.34. The summed E-state index contributed by atoms with van der Waals surface area (Å²) in [5, 5.41) is 3.78. The Morgan fingerprint density at radius 2 is 1.39 bits per heavy atom. The second-order valence-electron chi connectivity index (χ2n) is 7.24. The first kappa shape index (κ1) is 14.3. The molecule has 0 radical (unpaired) electrons. The van der Waals surface area contributed by atoms with Crippen LogP contribution in [0.3, 0.4) is 0 Å². The molecule has 2 aliphatic carbocycles. The lowest BCUT2D eigenvalue weighted by atomic mass is 9.80. The van der Waals surface area contributed by atoms with Gasteiger partial charge in [-0.1, -0.05) is 45.4 Å². The fourth-order valence-corrected chi connectivity index (χ4v) is 3.97. The minimum atomic E-state index is 0.408. The largest absolute Gasteiger partial charge is 0.330 e. The van der Waals surface area contributed by atoms with Crippen LogP contribution < -0.4 is 11.1 Å². The van der Waals surface area contributed by atoms with Crippen LogP contribution in [0, 0.1) is 10.8 Å². The average molecular weight is 252 g/mol. The van der Waals surface area contributed by atoms with E-state index in [2.05, 4.69) is 12.2 Å². The molecule has 2 rings (SSSR count). The summed E-state index contributed by atoms with van der Waals surface area (Å²) in [7, 11) is 0. The molecule has 0 amide bonds. The second-order valence-corrected chi connectivity index (χ2v) is 7.24. The van der Waals surface area contributed by atoms with E-state index in [1.54, 1.807) is 0 Å². The van der Waals surface area contributed by atoms with E-state index >= 15 is 0 Å². The Morgan fingerprint density at radius 1 is 0.833 bits per heavy atom. The Kier molecular flexibility index (Phi) is 5.08. The van der Waals surface area contributed by atoms with Gasteiger partial charge in [0, 0.05) is 13.1 Å². The number of hydrogen-bond acceptors (Lipinski definition) is 2. The van der Waals surface area contributed by atoms with Crippen LogP contribution in [0.5, 0.6) is 0 Å². The zero-order valence-electron chi connectivity index (χ0n) is 12.3. The Hall–Kier alpha value is -0.0800. The molecule has 2 heteroatoms. The highest BCUT2D eigenvalue weighted by Crippen LogP contribution is 2.38.